The van der Waals surface area contributed by atoms with Crippen molar-refractivity contribution in [3.05, 3.63) is 29.3 Å². The van der Waals surface area contributed by atoms with Crippen LogP contribution >= 0.6 is 0 Å². The number of carboxylic acids is 1. The van der Waals surface area contributed by atoms with E-state index in [1.54, 1.807) is 12.1 Å². The van der Waals surface area contributed by atoms with E-state index in [0.29, 0.717) is 5.56 Å². The lowest BCUT2D eigenvalue weighted by atomic mass is 10.1. The molecule has 0 aliphatic carbocycles. The molecule has 1 aromatic carbocycles. The van der Waals surface area contributed by atoms with Gasteiger partial charge in [-0.15, -0.1) is 0 Å². The predicted molar refractivity (Wildman–Crippen MR) is 89.2 cm³/mol. The van der Waals surface area contributed by atoms with E-state index in [-0.39, 0.29) is 0 Å². The third kappa shape index (κ3) is 7.16. The van der Waals surface area contributed by atoms with Crippen molar-refractivity contribution < 1.29 is 9.90 Å². The van der Waals surface area contributed by atoms with Crippen LogP contribution in [0.5, 0.6) is 0 Å². The van der Waals surface area contributed by atoms with Gasteiger partial charge < -0.3 is 10.4 Å². The number of aromatic carboxylic acids is 1. The summed E-state index contributed by atoms with van der Waals surface area (Å²) in [5.74, 6) is -0.870. The summed E-state index contributed by atoms with van der Waals surface area (Å²) < 4.78 is 0. The SMILES string of the molecule is CCCCCCCCCCNc1cc(C(=O)O)ccc1C. The van der Waals surface area contributed by atoms with E-state index in [2.05, 4.69) is 12.2 Å². The third-order valence-electron chi connectivity index (χ3n) is 3.83. The van der Waals surface area contributed by atoms with Gasteiger partial charge in [0.05, 0.1) is 5.56 Å². The van der Waals surface area contributed by atoms with Crippen molar-refractivity contribution in [1.82, 2.24) is 0 Å². The fraction of sp³-hybridized carbons (Fsp3) is 0.611. The number of aryl methyl sites for hydroxylation is 1. The summed E-state index contributed by atoms with van der Waals surface area (Å²) >= 11 is 0. The molecule has 0 amide bonds. The van der Waals surface area contributed by atoms with E-state index < -0.39 is 5.97 Å². The van der Waals surface area contributed by atoms with Gasteiger partial charge in [-0.25, -0.2) is 4.79 Å². The molecule has 0 aliphatic heterocycles. The van der Waals surface area contributed by atoms with E-state index in [4.69, 9.17) is 5.11 Å². The van der Waals surface area contributed by atoms with Gasteiger partial charge in [0.1, 0.15) is 0 Å². The quantitative estimate of drug-likeness (QED) is 0.548. The molecule has 0 bridgehead atoms. The Bertz CT molecular complexity index is 429. The Morgan fingerprint density at radius 3 is 2.29 bits per heavy atom. The van der Waals surface area contributed by atoms with Crippen LogP contribution in [0.15, 0.2) is 18.2 Å². The Kier molecular flexibility index (Phi) is 8.56. The van der Waals surface area contributed by atoms with Gasteiger partial charge in [-0.2, -0.15) is 0 Å². The summed E-state index contributed by atoms with van der Waals surface area (Å²) in [7, 11) is 0. The van der Waals surface area contributed by atoms with E-state index in [1.165, 1.54) is 44.9 Å². The van der Waals surface area contributed by atoms with Gasteiger partial charge in [0.2, 0.25) is 0 Å². The Labute approximate surface area is 128 Å². The van der Waals surface area contributed by atoms with Gasteiger partial charge in [-0.05, 0) is 31.0 Å². The standard InChI is InChI=1S/C18H29NO2/c1-3-4-5-6-7-8-9-10-13-19-17-14-16(18(20)21)12-11-15(17)2/h11-12,14,19H,3-10,13H2,1-2H3,(H,20,21). The highest BCUT2D eigenvalue weighted by Gasteiger charge is 2.05. The molecular formula is C18H29NO2. The summed E-state index contributed by atoms with van der Waals surface area (Å²) in [6, 6.07) is 5.24. The smallest absolute Gasteiger partial charge is 0.335 e. The second kappa shape index (κ2) is 10.3. The molecule has 1 aromatic rings. The van der Waals surface area contributed by atoms with Crippen LogP contribution in [0, 0.1) is 6.92 Å². The van der Waals surface area contributed by atoms with Gasteiger partial charge in [-0.1, -0.05) is 57.9 Å². The third-order valence-corrected chi connectivity index (χ3v) is 3.83. The second-order valence-electron chi connectivity index (χ2n) is 5.74. The van der Waals surface area contributed by atoms with Crippen LogP contribution in [0.2, 0.25) is 0 Å². The minimum Gasteiger partial charge on any atom is -0.478 e. The van der Waals surface area contributed by atoms with Crippen molar-refractivity contribution in [3.8, 4) is 0 Å². The Morgan fingerprint density at radius 2 is 1.67 bits per heavy atom. The van der Waals surface area contributed by atoms with Crippen molar-refractivity contribution in [2.75, 3.05) is 11.9 Å². The van der Waals surface area contributed by atoms with Crippen LogP contribution in [0.4, 0.5) is 5.69 Å². The Morgan fingerprint density at radius 1 is 1.05 bits per heavy atom. The summed E-state index contributed by atoms with van der Waals surface area (Å²) in [6.45, 7) is 5.16. The maximum atomic E-state index is 11.0. The van der Waals surface area contributed by atoms with Crippen molar-refractivity contribution >= 4 is 11.7 Å². The van der Waals surface area contributed by atoms with E-state index in [1.807, 2.05) is 13.0 Å². The van der Waals surface area contributed by atoms with Gasteiger partial charge in [-0.3, -0.25) is 0 Å². The lowest BCUT2D eigenvalue weighted by Crippen LogP contribution is -2.05. The predicted octanol–water partition coefficient (Wildman–Crippen LogP) is 5.25. The number of benzene rings is 1. The van der Waals surface area contributed by atoms with Crippen LogP contribution < -0.4 is 5.32 Å². The van der Waals surface area contributed by atoms with Crippen molar-refractivity contribution in [2.24, 2.45) is 0 Å². The second-order valence-corrected chi connectivity index (χ2v) is 5.74. The molecule has 0 fully saturated rings. The molecule has 3 heteroatoms. The number of nitrogens with one attached hydrogen (secondary N) is 1. The maximum Gasteiger partial charge on any atom is 0.335 e. The van der Waals surface area contributed by atoms with Gasteiger partial charge in [0.15, 0.2) is 0 Å². The first-order chi connectivity index (χ1) is 10.1. The highest BCUT2D eigenvalue weighted by Crippen LogP contribution is 2.17. The molecule has 0 saturated heterocycles. The maximum absolute atomic E-state index is 11.0. The van der Waals surface area contributed by atoms with Crippen LogP contribution in [0.3, 0.4) is 0 Å². The van der Waals surface area contributed by atoms with Crippen LogP contribution in [0.25, 0.3) is 0 Å². The average molecular weight is 291 g/mol. The summed E-state index contributed by atoms with van der Waals surface area (Å²) in [5.41, 5.74) is 2.39. The van der Waals surface area contributed by atoms with Gasteiger partial charge >= 0.3 is 5.97 Å². The molecule has 0 spiro atoms. The summed E-state index contributed by atoms with van der Waals surface area (Å²) in [5, 5.41) is 12.4. The van der Waals surface area contributed by atoms with Crippen molar-refractivity contribution in [2.45, 2.75) is 65.2 Å². The Balaban J connectivity index is 2.18. The Hall–Kier alpha value is -1.51. The van der Waals surface area contributed by atoms with E-state index >= 15 is 0 Å². The molecule has 3 nitrogen and oxygen atoms in total. The number of hydrogen-bond acceptors (Lipinski definition) is 2. The number of hydrogen-bond donors (Lipinski definition) is 2. The normalized spacial score (nSPS) is 10.6. The van der Waals surface area contributed by atoms with Gasteiger partial charge in [0.25, 0.3) is 0 Å². The van der Waals surface area contributed by atoms with E-state index in [0.717, 1.165) is 24.2 Å². The molecule has 2 N–H and O–H groups in total. The van der Waals surface area contributed by atoms with E-state index in [9.17, 15) is 4.79 Å². The van der Waals surface area contributed by atoms with Crippen LogP contribution in [-0.2, 0) is 0 Å². The number of anilines is 1. The average Bonchev–Trinajstić information content (AvgIpc) is 2.47. The summed E-state index contributed by atoms with van der Waals surface area (Å²) in [6.07, 6.45) is 10.4. The minimum absolute atomic E-state index is 0.346. The molecule has 0 saturated carbocycles. The molecule has 0 aliphatic rings. The number of carboxylic acid groups (broad SMARTS) is 1. The number of carbonyl (C=O) groups is 1. The highest BCUT2D eigenvalue weighted by molar-refractivity contribution is 5.89. The van der Waals surface area contributed by atoms with Gasteiger partial charge in [0, 0.05) is 12.2 Å². The zero-order valence-corrected chi connectivity index (χ0v) is 13.5. The van der Waals surface area contributed by atoms with Crippen molar-refractivity contribution in [3.63, 3.8) is 0 Å². The topological polar surface area (TPSA) is 49.3 Å². The lowest BCUT2D eigenvalue weighted by molar-refractivity contribution is 0.0697. The number of rotatable bonds is 11. The van der Waals surface area contributed by atoms with Crippen LogP contribution in [-0.4, -0.2) is 17.6 Å². The van der Waals surface area contributed by atoms with Crippen molar-refractivity contribution in [1.29, 1.82) is 0 Å². The molecule has 0 unspecified atom stereocenters. The molecular weight excluding hydrogens is 262 g/mol. The molecule has 118 valence electrons. The number of unbranched alkanes of at least 4 members (excludes halogenated alkanes) is 7. The fourth-order valence-electron chi connectivity index (χ4n) is 2.43. The highest BCUT2D eigenvalue weighted by atomic mass is 16.4. The summed E-state index contributed by atoms with van der Waals surface area (Å²) in [4.78, 5) is 11.0. The first-order valence-electron chi connectivity index (χ1n) is 8.23. The molecule has 1 rings (SSSR count). The zero-order chi connectivity index (χ0) is 15.5. The minimum atomic E-state index is -0.870. The molecule has 0 radical (unpaired) electrons. The first kappa shape index (κ1) is 17.5. The molecule has 0 atom stereocenters. The van der Waals surface area contributed by atoms with Crippen LogP contribution in [0.1, 0.15) is 74.2 Å². The first-order valence-corrected chi connectivity index (χ1v) is 8.23. The largest absolute Gasteiger partial charge is 0.478 e. The lowest BCUT2D eigenvalue weighted by Gasteiger charge is -2.10. The zero-order valence-electron chi connectivity index (χ0n) is 13.5. The molecule has 21 heavy (non-hydrogen) atoms. The fourth-order valence-corrected chi connectivity index (χ4v) is 2.43. The molecule has 0 aromatic heterocycles. The monoisotopic (exact) mass is 291 g/mol. The molecule has 0 heterocycles.